The first-order chi connectivity index (χ1) is 7.11. The first kappa shape index (κ1) is 10.0. The normalized spacial score (nSPS) is 21.3. The van der Waals surface area contributed by atoms with Gasteiger partial charge in [0.15, 0.2) is 0 Å². The van der Waals surface area contributed by atoms with Crippen molar-refractivity contribution in [3.63, 3.8) is 0 Å². The van der Waals surface area contributed by atoms with Gasteiger partial charge in [0.2, 0.25) is 5.91 Å². The highest BCUT2D eigenvalue weighted by Crippen LogP contribution is 2.31. The SMILES string of the molecule is CC1CN(C)c2ccccc2N(C)C1=O. The van der Waals surface area contributed by atoms with Gasteiger partial charge < -0.3 is 9.80 Å². The Bertz CT molecular complexity index is 389. The number of hydrogen-bond acceptors (Lipinski definition) is 2. The summed E-state index contributed by atoms with van der Waals surface area (Å²) in [5, 5.41) is 0. The molecule has 0 radical (unpaired) electrons. The molecule has 15 heavy (non-hydrogen) atoms. The van der Waals surface area contributed by atoms with Crippen LogP contribution in [0.2, 0.25) is 0 Å². The fourth-order valence-electron chi connectivity index (χ4n) is 2.11. The lowest BCUT2D eigenvalue weighted by Crippen LogP contribution is -2.33. The van der Waals surface area contributed by atoms with Crippen LogP contribution in [0.3, 0.4) is 0 Å². The van der Waals surface area contributed by atoms with E-state index in [9.17, 15) is 4.79 Å². The molecule has 0 spiro atoms. The molecule has 0 saturated heterocycles. The van der Waals surface area contributed by atoms with Gasteiger partial charge in [0.25, 0.3) is 0 Å². The molecule has 1 aliphatic rings. The van der Waals surface area contributed by atoms with Gasteiger partial charge in [0.05, 0.1) is 17.3 Å². The van der Waals surface area contributed by atoms with Crippen LogP contribution in [-0.2, 0) is 4.79 Å². The second kappa shape index (κ2) is 3.57. The maximum atomic E-state index is 12.0. The van der Waals surface area contributed by atoms with E-state index in [1.165, 1.54) is 0 Å². The highest BCUT2D eigenvalue weighted by Gasteiger charge is 2.26. The van der Waals surface area contributed by atoms with Gasteiger partial charge >= 0.3 is 0 Å². The van der Waals surface area contributed by atoms with Crippen molar-refractivity contribution in [2.45, 2.75) is 6.92 Å². The van der Waals surface area contributed by atoms with Gasteiger partial charge in [0, 0.05) is 20.6 Å². The Morgan fingerprint density at radius 3 is 2.47 bits per heavy atom. The van der Waals surface area contributed by atoms with Gasteiger partial charge in [-0.1, -0.05) is 19.1 Å². The molecule has 0 bridgehead atoms. The average Bonchev–Trinajstić information content (AvgIpc) is 2.33. The van der Waals surface area contributed by atoms with Crippen molar-refractivity contribution in [3.8, 4) is 0 Å². The third-order valence-electron chi connectivity index (χ3n) is 2.95. The van der Waals surface area contributed by atoms with Gasteiger partial charge in [0.1, 0.15) is 0 Å². The van der Waals surface area contributed by atoms with Crippen molar-refractivity contribution < 1.29 is 4.79 Å². The van der Waals surface area contributed by atoms with Crippen LogP contribution in [0.5, 0.6) is 0 Å². The summed E-state index contributed by atoms with van der Waals surface area (Å²) in [4.78, 5) is 15.8. The van der Waals surface area contributed by atoms with Crippen LogP contribution in [0.4, 0.5) is 11.4 Å². The number of para-hydroxylation sites is 2. The minimum Gasteiger partial charge on any atom is -0.372 e. The van der Waals surface area contributed by atoms with Crippen LogP contribution in [-0.4, -0.2) is 26.5 Å². The van der Waals surface area contributed by atoms with Crippen LogP contribution in [0.15, 0.2) is 24.3 Å². The summed E-state index contributed by atoms with van der Waals surface area (Å²) in [5.74, 6) is 0.235. The number of rotatable bonds is 0. The smallest absolute Gasteiger partial charge is 0.231 e. The number of amides is 1. The van der Waals surface area contributed by atoms with Crippen molar-refractivity contribution in [1.82, 2.24) is 0 Å². The lowest BCUT2D eigenvalue weighted by atomic mass is 10.1. The van der Waals surface area contributed by atoms with Crippen molar-refractivity contribution >= 4 is 17.3 Å². The summed E-state index contributed by atoms with van der Waals surface area (Å²) in [6.45, 7) is 2.75. The van der Waals surface area contributed by atoms with E-state index in [4.69, 9.17) is 0 Å². The Morgan fingerprint density at radius 1 is 1.20 bits per heavy atom. The standard InChI is InChI=1S/C12H16N2O/c1-9-8-13(2)10-6-4-5-7-11(10)14(3)12(9)15/h4-7,9H,8H2,1-3H3. The van der Waals surface area contributed by atoms with Gasteiger partial charge in [-0.05, 0) is 12.1 Å². The summed E-state index contributed by atoms with van der Waals surface area (Å²) in [5.41, 5.74) is 2.12. The molecule has 0 saturated carbocycles. The Kier molecular flexibility index (Phi) is 2.39. The van der Waals surface area contributed by atoms with Crippen molar-refractivity contribution in [2.75, 3.05) is 30.4 Å². The van der Waals surface area contributed by atoms with E-state index in [-0.39, 0.29) is 11.8 Å². The largest absolute Gasteiger partial charge is 0.372 e. The van der Waals surface area contributed by atoms with Crippen molar-refractivity contribution in [2.24, 2.45) is 5.92 Å². The summed E-state index contributed by atoms with van der Waals surface area (Å²) in [6.07, 6.45) is 0. The summed E-state index contributed by atoms with van der Waals surface area (Å²) in [6, 6.07) is 8.01. The van der Waals surface area contributed by atoms with E-state index in [0.29, 0.717) is 0 Å². The summed E-state index contributed by atoms with van der Waals surface area (Å²) in [7, 11) is 3.87. The lowest BCUT2D eigenvalue weighted by Gasteiger charge is -2.20. The molecule has 1 unspecified atom stereocenters. The molecule has 1 aromatic carbocycles. The van der Waals surface area contributed by atoms with E-state index in [2.05, 4.69) is 11.0 Å². The molecular weight excluding hydrogens is 188 g/mol. The Hall–Kier alpha value is -1.51. The fourth-order valence-corrected chi connectivity index (χ4v) is 2.11. The number of hydrogen-bond donors (Lipinski definition) is 0. The molecular formula is C12H16N2O. The lowest BCUT2D eigenvalue weighted by molar-refractivity contribution is -0.121. The van der Waals surface area contributed by atoms with Gasteiger partial charge in [-0.15, -0.1) is 0 Å². The number of benzene rings is 1. The zero-order chi connectivity index (χ0) is 11.0. The molecule has 0 fully saturated rings. The molecule has 0 aliphatic carbocycles. The third kappa shape index (κ3) is 1.58. The number of carbonyl (C=O) groups excluding carboxylic acids is 1. The second-order valence-corrected chi connectivity index (χ2v) is 4.17. The molecule has 3 nitrogen and oxygen atoms in total. The minimum absolute atomic E-state index is 0.0485. The predicted molar refractivity (Wildman–Crippen MR) is 62.3 cm³/mol. The number of anilines is 2. The van der Waals surface area contributed by atoms with Gasteiger partial charge in [-0.2, -0.15) is 0 Å². The number of fused-ring (bicyclic) bond motifs is 1. The highest BCUT2D eigenvalue weighted by atomic mass is 16.2. The molecule has 0 aromatic heterocycles. The highest BCUT2D eigenvalue weighted by molar-refractivity contribution is 5.99. The first-order valence-electron chi connectivity index (χ1n) is 5.19. The van der Waals surface area contributed by atoms with Crippen LogP contribution >= 0.6 is 0 Å². The van der Waals surface area contributed by atoms with E-state index in [1.54, 1.807) is 4.90 Å². The number of carbonyl (C=O) groups is 1. The van der Waals surface area contributed by atoms with Gasteiger partial charge in [-0.25, -0.2) is 0 Å². The van der Waals surface area contributed by atoms with Crippen LogP contribution in [0.1, 0.15) is 6.92 Å². The average molecular weight is 204 g/mol. The number of nitrogens with zero attached hydrogens (tertiary/aromatic N) is 2. The zero-order valence-corrected chi connectivity index (χ0v) is 9.40. The van der Waals surface area contributed by atoms with E-state index < -0.39 is 0 Å². The molecule has 3 heteroatoms. The van der Waals surface area contributed by atoms with E-state index in [1.807, 2.05) is 39.2 Å². The van der Waals surface area contributed by atoms with Crippen LogP contribution < -0.4 is 9.80 Å². The Morgan fingerprint density at radius 2 is 1.80 bits per heavy atom. The van der Waals surface area contributed by atoms with E-state index >= 15 is 0 Å². The first-order valence-corrected chi connectivity index (χ1v) is 5.19. The minimum atomic E-state index is 0.0485. The van der Waals surface area contributed by atoms with Crippen molar-refractivity contribution in [3.05, 3.63) is 24.3 Å². The molecule has 1 amide bonds. The fraction of sp³-hybridized carbons (Fsp3) is 0.417. The van der Waals surface area contributed by atoms with Crippen LogP contribution in [0.25, 0.3) is 0 Å². The molecule has 1 atom stereocenters. The zero-order valence-electron chi connectivity index (χ0n) is 9.40. The topological polar surface area (TPSA) is 23.6 Å². The molecule has 1 heterocycles. The predicted octanol–water partition coefficient (Wildman–Crippen LogP) is 1.74. The summed E-state index contributed by atoms with van der Waals surface area (Å²) < 4.78 is 0. The van der Waals surface area contributed by atoms with Crippen molar-refractivity contribution in [1.29, 1.82) is 0 Å². The molecule has 2 rings (SSSR count). The summed E-state index contributed by atoms with van der Waals surface area (Å²) >= 11 is 0. The monoisotopic (exact) mass is 204 g/mol. The third-order valence-corrected chi connectivity index (χ3v) is 2.95. The molecule has 1 aromatic rings. The van der Waals surface area contributed by atoms with Crippen LogP contribution in [0, 0.1) is 5.92 Å². The molecule has 1 aliphatic heterocycles. The Labute approximate surface area is 90.3 Å². The van der Waals surface area contributed by atoms with E-state index in [0.717, 1.165) is 17.9 Å². The second-order valence-electron chi connectivity index (χ2n) is 4.17. The Balaban J connectivity index is 2.52. The maximum Gasteiger partial charge on any atom is 0.231 e. The quantitative estimate of drug-likeness (QED) is 0.642. The molecule has 0 N–H and O–H groups in total. The maximum absolute atomic E-state index is 12.0. The van der Waals surface area contributed by atoms with Gasteiger partial charge in [-0.3, -0.25) is 4.79 Å². The molecule has 80 valence electrons.